The van der Waals surface area contributed by atoms with Crippen molar-refractivity contribution >= 4 is 5.91 Å². The third-order valence-electron chi connectivity index (χ3n) is 3.18. The molecule has 1 unspecified atom stereocenters. The van der Waals surface area contributed by atoms with Gasteiger partial charge in [-0.2, -0.15) is 0 Å². The Kier molecular flexibility index (Phi) is 7.02. The van der Waals surface area contributed by atoms with Crippen molar-refractivity contribution in [3.8, 4) is 11.5 Å². The fraction of sp³-hybridized carbons (Fsp3) is 0.562. The van der Waals surface area contributed by atoms with Gasteiger partial charge in [0.25, 0.3) is 0 Å². The molecule has 0 bridgehead atoms. The van der Waals surface area contributed by atoms with Crippen LogP contribution < -0.4 is 20.1 Å². The molecule has 0 radical (unpaired) electrons. The number of hydrogen-bond donors (Lipinski definition) is 2. The van der Waals surface area contributed by atoms with Crippen molar-refractivity contribution in [2.24, 2.45) is 0 Å². The first-order chi connectivity index (χ1) is 10.0. The number of ether oxygens (including phenoxy) is 2. The highest BCUT2D eigenvalue weighted by Crippen LogP contribution is 2.30. The fourth-order valence-electron chi connectivity index (χ4n) is 2.16. The molecule has 0 spiro atoms. The first kappa shape index (κ1) is 17.3. The van der Waals surface area contributed by atoms with Crippen molar-refractivity contribution in [1.29, 1.82) is 0 Å². The van der Waals surface area contributed by atoms with E-state index in [4.69, 9.17) is 9.47 Å². The summed E-state index contributed by atoms with van der Waals surface area (Å²) in [6.45, 7) is 6.27. The number of methoxy groups -OCH3 is 2. The summed E-state index contributed by atoms with van der Waals surface area (Å²) in [5, 5.41) is 6.14. The topological polar surface area (TPSA) is 59.6 Å². The van der Waals surface area contributed by atoms with E-state index < -0.39 is 0 Å². The van der Waals surface area contributed by atoms with Crippen molar-refractivity contribution in [2.45, 2.75) is 39.3 Å². The predicted molar refractivity (Wildman–Crippen MR) is 83.9 cm³/mol. The first-order valence-corrected chi connectivity index (χ1v) is 7.26. The average molecular weight is 294 g/mol. The zero-order valence-electron chi connectivity index (χ0n) is 13.5. The van der Waals surface area contributed by atoms with Crippen LogP contribution in [0.25, 0.3) is 0 Å². The van der Waals surface area contributed by atoms with E-state index in [-0.39, 0.29) is 18.0 Å². The summed E-state index contributed by atoms with van der Waals surface area (Å²) in [7, 11) is 3.23. The van der Waals surface area contributed by atoms with Gasteiger partial charge in [0, 0.05) is 12.1 Å². The second-order valence-corrected chi connectivity index (χ2v) is 5.18. The van der Waals surface area contributed by atoms with E-state index in [0.717, 1.165) is 12.0 Å². The summed E-state index contributed by atoms with van der Waals surface area (Å²) in [5.41, 5.74) is 1.08. The molecule has 118 valence electrons. The van der Waals surface area contributed by atoms with Gasteiger partial charge in [-0.1, -0.05) is 13.0 Å². The molecule has 1 amide bonds. The van der Waals surface area contributed by atoms with Gasteiger partial charge in [0.05, 0.1) is 20.8 Å². The van der Waals surface area contributed by atoms with Crippen LogP contribution >= 0.6 is 0 Å². The molecule has 1 aromatic carbocycles. The normalized spacial score (nSPS) is 12.1. The molecule has 21 heavy (non-hydrogen) atoms. The molecule has 5 heteroatoms. The second-order valence-electron chi connectivity index (χ2n) is 5.18. The zero-order valence-corrected chi connectivity index (χ0v) is 13.5. The van der Waals surface area contributed by atoms with Gasteiger partial charge >= 0.3 is 0 Å². The molecule has 1 atom stereocenters. The van der Waals surface area contributed by atoms with E-state index in [0.29, 0.717) is 18.0 Å². The zero-order chi connectivity index (χ0) is 15.8. The quantitative estimate of drug-likeness (QED) is 0.772. The minimum absolute atomic E-state index is 0.00364. The predicted octanol–water partition coefficient (Wildman–Crippen LogP) is 2.27. The lowest BCUT2D eigenvalue weighted by Gasteiger charge is -2.19. The number of amides is 1. The molecule has 1 rings (SSSR count). The van der Waals surface area contributed by atoms with Crippen molar-refractivity contribution in [2.75, 3.05) is 20.8 Å². The molecule has 0 aliphatic rings. The number of carbonyl (C=O) groups is 1. The third-order valence-corrected chi connectivity index (χ3v) is 3.18. The standard InChI is InChI=1S/C16H26N2O3/c1-6-13(17-10-16(19)18-11(2)3)12-7-8-14(20-4)15(9-12)21-5/h7-9,11,13,17H,6,10H2,1-5H3,(H,18,19). The monoisotopic (exact) mass is 294 g/mol. The number of carbonyl (C=O) groups excluding carboxylic acids is 1. The molecule has 1 aromatic rings. The Labute approximate surface area is 127 Å². The second kappa shape index (κ2) is 8.52. The molecular weight excluding hydrogens is 268 g/mol. The van der Waals surface area contributed by atoms with E-state index in [2.05, 4.69) is 17.6 Å². The Morgan fingerprint density at radius 2 is 1.86 bits per heavy atom. The lowest BCUT2D eigenvalue weighted by atomic mass is 10.0. The van der Waals surface area contributed by atoms with Crippen LogP contribution in [0.5, 0.6) is 11.5 Å². The van der Waals surface area contributed by atoms with Gasteiger partial charge in [-0.25, -0.2) is 0 Å². The molecule has 0 saturated heterocycles. The van der Waals surface area contributed by atoms with Gasteiger partial charge in [-0.3, -0.25) is 4.79 Å². The van der Waals surface area contributed by atoms with Gasteiger partial charge in [0.1, 0.15) is 0 Å². The average Bonchev–Trinajstić information content (AvgIpc) is 2.46. The summed E-state index contributed by atoms with van der Waals surface area (Å²) in [6, 6.07) is 6.07. The van der Waals surface area contributed by atoms with Gasteiger partial charge in [-0.05, 0) is 38.0 Å². The lowest BCUT2D eigenvalue weighted by Crippen LogP contribution is -2.38. The number of benzene rings is 1. The summed E-state index contributed by atoms with van der Waals surface area (Å²) >= 11 is 0. The Bertz CT molecular complexity index is 461. The summed E-state index contributed by atoms with van der Waals surface area (Å²) < 4.78 is 10.6. The molecule has 0 saturated carbocycles. The largest absolute Gasteiger partial charge is 0.493 e. The van der Waals surface area contributed by atoms with Crippen LogP contribution in [0, 0.1) is 0 Å². The van der Waals surface area contributed by atoms with Crippen LogP contribution in [0.15, 0.2) is 18.2 Å². The highest BCUT2D eigenvalue weighted by Gasteiger charge is 2.14. The van der Waals surface area contributed by atoms with E-state index in [1.165, 1.54) is 0 Å². The first-order valence-electron chi connectivity index (χ1n) is 7.26. The lowest BCUT2D eigenvalue weighted by molar-refractivity contribution is -0.120. The van der Waals surface area contributed by atoms with E-state index in [1.807, 2.05) is 32.0 Å². The van der Waals surface area contributed by atoms with Gasteiger partial charge in [0.15, 0.2) is 11.5 Å². The minimum atomic E-state index is 0.00364. The van der Waals surface area contributed by atoms with Gasteiger partial charge < -0.3 is 20.1 Å². The number of rotatable bonds is 8. The van der Waals surface area contributed by atoms with Crippen LogP contribution in [0.3, 0.4) is 0 Å². The molecular formula is C16H26N2O3. The van der Waals surface area contributed by atoms with E-state index in [1.54, 1.807) is 14.2 Å². The Morgan fingerprint density at radius 1 is 1.19 bits per heavy atom. The third kappa shape index (κ3) is 5.27. The number of nitrogens with one attached hydrogen (secondary N) is 2. The molecule has 0 heterocycles. The SMILES string of the molecule is CCC(NCC(=O)NC(C)C)c1ccc(OC)c(OC)c1. The van der Waals surface area contributed by atoms with Crippen molar-refractivity contribution in [1.82, 2.24) is 10.6 Å². The maximum Gasteiger partial charge on any atom is 0.234 e. The summed E-state index contributed by atoms with van der Waals surface area (Å²) in [6.07, 6.45) is 0.879. The Balaban J connectivity index is 2.74. The Hall–Kier alpha value is -1.75. The van der Waals surface area contributed by atoms with Crippen molar-refractivity contribution in [3.63, 3.8) is 0 Å². The molecule has 2 N–H and O–H groups in total. The maximum absolute atomic E-state index is 11.7. The van der Waals surface area contributed by atoms with Crippen molar-refractivity contribution in [3.05, 3.63) is 23.8 Å². The van der Waals surface area contributed by atoms with E-state index >= 15 is 0 Å². The molecule has 0 aromatic heterocycles. The highest BCUT2D eigenvalue weighted by molar-refractivity contribution is 5.78. The van der Waals surface area contributed by atoms with E-state index in [9.17, 15) is 4.79 Å². The Morgan fingerprint density at radius 3 is 2.38 bits per heavy atom. The van der Waals surface area contributed by atoms with Crippen LogP contribution in [-0.2, 0) is 4.79 Å². The van der Waals surface area contributed by atoms with Gasteiger partial charge in [0.2, 0.25) is 5.91 Å². The maximum atomic E-state index is 11.7. The molecule has 0 aliphatic heterocycles. The highest BCUT2D eigenvalue weighted by atomic mass is 16.5. The smallest absolute Gasteiger partial charge is 0.234 e. The number of hydrogen-bond acceptors (Lipinski definition) is 4. The van der Waals surface area contributed by atoms with Crippen LogP contribution in [0.1, 0.15) is 38.8 Å². The molecule has 0 aliphatic carbocycles. The van der Waals surface area contributed by atoms with Gasteiger partial charge in [-0.15, -0.1) is 0 Å². The summed E-state index contributed by atoms with van der Waals surface area (Å²) in [5.74, 6) is 1.40. The molecule has 5 nitrogen and oxygen atoms in total. The fourth-order valence-corrected chi connectivity index (χ4v) is 2.16. The van der Waals surface area contributed by atoms with Crippen LogP contribution in [0.4, 0.5) is 0 Å². The molecule has 0 fully saturated rings. The summed E-state index contributed by atoms with van der Waals surface area (Å²) in [4.78, 5) is 11.7. The van der Waals surface area contributed by atoms with Crippen LogP contribution in [0.2, 0.25) is 0 Å². The minimum Gasteiger partial charge on any atom is -0.493 e. The van der Waals surface area contributed by atoms with Crippen molar-refractivity contribution < 1.29 is 14.3 Å². The van der Waals surface area contributed by atoms with Crippen LogP contribution in [-0.4, -0.2) is 32.7 Å².